The molecule has 0 bridgehead atoms. The molecule has 0 aromatic heterocycles. The molecule has 5 aliphatic rings. The summed E-state index contributed by atoms with van der Waals surface area (Å²) in [5.74, 6) is -2.34. The van der Waals surface area contributed by atoms with E-state index in [1.165, 1.54) is 4.90 Å². The van der Waals surface area contributed by atoms with Crippen LogP contribution >= 0.6 is 0 Å². The Morgan fingerprint density at radius 2 is 1.67 bits per heavy atom. The Morgan fingerprint density at radius 1 is 1.00 bits per heavy atom. The Labute approximate surface area is 334 Å². The summed E-state index contributed by atoms with van der Waals surface area (Å²) in [4.78, 5) is 64.7. The van der Waals surface area contributed by atoms with Gasteiger partial charge in [0.1, 0.15) is 35.0 Å². The summed E-state index contributed by atoms with van der Waals surface area (Å²) in [6.45, 7) is 9.12. The van der Waals surface area contributed by atoms with E-state index in [-0.39, 0.29) is 12.8 Å². The van der Waals surface area contributed by atoms with Gasteiger partial charge in [-0.05, 0) is 83.3 Å². The van der Waals surface area contributed by atoms with Gasteiger partial charge in [0.25, 0.3) is 5.91 Å². The maximum absolute atomic E-state index is 15.0. The molecule has 4 unspecified atom stereocenters. The number of nitrogens with one attached hydrogen (secondary N) is 3. The van der Waals surface area contributed by atoms with Gasteiger partial charge in [-0.2, -0.15) is 0 Å². The van der Waals surface area contributed by atoms with E-state index >= 15 is 0 Å². The minimum atomic E-state index is -3.91. The molecule has 1 saturated heterocycles. The van der Waals surface area contributed by atoms with Crippen molar-refractivity contribution in [2.45, 2.75) is 132 Å². The van der Waals surface area contributed by atoms with Crippen LogP contribution in [0.15, 0.2) is 78.5 Å². The van der Waals surface area contributed by atoms with Gasteiger partial charge in [0, 0.05) is 23.5 Å². The molecule has 3 N–H and O–H groups in total. The highest BCUT2D eigenvalue weighted by Gasteiger charge is 2.62. The predicted octanol–water partition coefficient (Wildman–Crippen LogP) is 5.64. The Balaban J connectivity index is 1.26. The summed E-state index contributed by atoms with van der Waals surface area (Å²) in [5, 5.41) is 9.83. The highest BCUT2D eigenvalue weighted by atomic mass is 32.2. The van der Waals surface area contributed by atoms with Crippen LogP contribution in [0.25, 0.3) is 11.1 Å². The minimum absolute atomic E-state index is 0.0250. The molecule has 13 nitrogen and oxygen atoms in total. The second-order valence-electron chi connectivity index (χ2n) is 16.8. The van der Waals surface area contributed by atoms with Crippen LogP contribution in [0.4, 0.5) is 4.79 Å². The maximum Gasteiger partial charge on any atom is 0.408 e. The highest BCUT2D eigenvalue weighted by Crippen LogP contribution is 2.46. The van der Waals surface area contributed by atoms with E-state index in [1.807, 2.05) is 60.7 Å². The van der Waals surface area contributed by atoms with E-state index < -0.39 is 80.4 Å². The SMILES string of the molecule is C=CCC[C@H]1[C@H](ON=C2c3ccccc3-c3ccccc32)CC2C(=O)NC3(C(=O)NS(=O)(=O)C4CC4)CC3/C=C\CCCCCC(NC(=O)OC(C)(C)C)C(=O)N21. The smallest absolute Gasteiger partial charge is 0.408 e. The number of sulfonamides is 1. The molecule has 3 fully saturated rings. The molecule has 2 aromatic rings. The van der Waals surface area contributed by atoms with Crippen LogP contribution in [0.1, 0.15) is 103 Å². The summed E-state index contributed by atoms with van der Waals surface area (Å²) in [6.07, 6.45) is 9.21. The molecule has 2 heterocycles. The lowest BCUT2D eigenvalue weighted by Crippen LogP contribution is -2.59. The van der Waals surface area contributed by atoms with Crippen LogP contribution in [0, 0.1) is 5.92 Å². The lowest BCUT2D eigenvalue weighted by Gasteiger charge is -2.34. The lowest BCUT2D eigenvalue weighted by atomic mass is 10.0. The molecule has 2 aromatic carbocycles. The molecular weight excluding hydrogens is 747 g/mol. The van der Waals surface area contributed by atoms with E-state index in [2.05, 4.69) is 21.9 Å². The third-order valence-electron chi connectivity index (χ3n) is 11.4. The van der Waals surface area contributed by atoms with Crippen LogP contribution in [-0.4, -0.2) is 83.5 Å². The maximum atomic E-state index is 15.0. The van der Waals surface area contributed by atoms with Crippen molar-refractivity contribution in [3.8, 4) is 11.1 Å². The number of benzene rings is 2. The van der Waals surface area contributed by atoms with E-state index in [0.717, 1.165) is 35.1 Å². The number of carbonyl (C=O) groups is 4. The molecule has 3 aliphatic carbocycles. The molecular formula is C43H53N5O8S. The number of carbonyl (C=O) groups excluding carboxylic acids is 4. The number of hydrogen-bond acceptors (Lipinski definition) is 9. The largest absolute Gasteiger partial charge is 0.444 e. The van der Waals surface area contributed by atoms with Crippen molar-refractivity contribution in [2.75, 3.05) is 0 Å². The first-order valence-corrected chi connectivity index (χ1v) is 21.7. The van der Waals surface area contributed by atoms with Gasteiger partial charge in [-0.3, -0.25) is 19.1 Å². The Bertz CT molecular complexity index is 2040. The summed E-state index contributed by atoms with van der Waals surface area (Å²) in [5.41, 5.74) is 2.12. The van der Waals surface area contributed by atoms with E-state index in [1.54, 1.807) is 26.8 Å². The molecule has 0 spiro atoms. The summed E-state index contributed by atoms with van der Waals surface area (Å²) in [6, 6.07) is 12.9. The van der Waals surface area contributed by atoms with Crippen molar-refractivity contribution in [2.24, 2.45) is 11.1 Å². The molecule has 7 rings (SSSR count). The van der Waals surface area contributed by atoms with Crippen molar-refractivity contribution >= 4 is 39.5 Å². The quantitative estimate of drug-likeness (QED) is 0.184. The summed E-state index contributed by atoms with van der Waals surface area (Å²) in [7, 11) is -3.91. The zero-order chi connectivity index (χ0) is 40.5. The van der Waals surface area contributed by atoms with Crippen LogP contribution in [0.5, 0.6) is 0 Å². The molecule has 2 saturated carbocycles. The van der Waals surface area contributed by atoms with Gasteiger partial charge in [0.05, 0.1) is 11.3 Å². The van der Waals surface area contributed by atoms with Gasteiger partial charge in [-0.1, -0.05) is 84.8 Å². The fourth-order valence-electron chi connectivity index (χ4n) is 8.29. The first-order chi connectivity index (χ1) is 27.2. The number of hydrogen-bond donors (Lipinski definition) is 3. The number of amides is 4. The molecule has 57 heavy (non-hydrogen) atoms. The second kappa shape index (κ2) is 16.1. The van der Waals surface area contributed by atoms with E-state index in [4.69, 9.17) is 14.7 Å². The first-order valence-electron chi connectivity index (χ1n) is 20.1. The van der Waals surface area contributed by atoms with E-state index in [9.17, 15) is 27.6 Å². The summed E-state index contributed by atoms with van der Waals surface area (Å²) >= 11 is 0. The van der Waals surface area contributed by atoms with Crippen molar-refractivity contribution in [1.82, 2.24) is 20.3 Å². The van der Waals surface area contributed by atoms with Gasteiger partial charge in [0.2, 0.25) is 21.8 Å². The monoisotopic (exact) mass is 799 g/mol. The van der Waals surface area contributed by atoms with Crippen LogP contribution in [0.3, 0.4) is 0 Å². The van der Waals surface area contributed by atoms with Gasteiger partial charge in [0.15, 0.2) is 0 Å². The summed E-state index contributed by atoms with van der Waals surface area (Å²) < 4.78 is 33.7. The third kappa shape index (κ3) is 8.65. The second-order valence-corrected chi connectivity index (χ2v) is 18.8. The number of nitrogens with zero attached hydrogens (tertiary/aromatic N) is 2. The fourth-order valence-corrected chi connectivity index (χ4v) is 9.66. The van der Waals surface area contributed by atoms with Crippen molar-refractivity contribution < 1.29 is 37.2 Å². The highest BCUT2D eigenvalue weighted by molar-refractivity contribution is 7.91. The molecule has 14 heteroatoms. The van der Waals surface area contributed by atoms with Crippen LogP contribution in [-0.2, 0) is 34.0 Å². The predicted molar refractivity (Wildman–Crippen MR) is 215 cm³/mol. The fraction of sp³-hybridized carbons (Fsp3) is 0.512. The number of fused-ring (bicyclic) bond motifs is 5. The van der Waals surface area contributed by atoms with Crippen LogP contribution < -0.4 is 15.4 Å². The van der Waals surface area contributed by atoms with Gasteiger partial charge >= 0.3 is 6.09 Å². The Kier molecular flexibility index (Phi) is 11.4. The number of alkyl carbamates (subject to hydrolysis) is 1. The standard InChI is InChI=1S/C43H53N5O8S/c1-5-6-22-34-36(56-46-37-31-19-14-12-17-29(31)30-18-13-15-20-32(30)37)25-35-38(49)45-43(40(51)47-57(53,54)28-23-24-28)26-27(43)16-10-8-7-9-11-21-33(39(50)48(34)35)44-41(52)55-42(2,3)4/h5,10,12-20,27-28,33-36H,1,6-9,11,21-26H2,2-4H3,(H,44,52)(H,45,49)(H,47,51)/b16-10-/t27?,33?,34-,35?,36+,43?/m0/s1. The van der Waals surface area contributed by atoms with E-state index in [0.29, 0.717) is 50.7 Å². The lowest BCUT2D eigenvalue weighted by molar-refractivity contribution is -0.143. The molecule has 304 valence electrons. The minimum Gasteiger partial charge on any atom is -0.444 e. The molecule has 4 amide bonds. The Morgan fingerprint density at radius 3 is 2.30 bits per heavy atom. The first kappa shape index (κ1) is 40.2. The van der Waals surface area contributed by atoms with Crippen LogP contribution in [0.2, 0.25) is 0 Å². The number of oxime groups is 1. The Hall–Kier alpha value is -4.98. The van der Waals surface area contributed by atoms with Crippen molar-refractivity contribution in [3.05, 3.63) is 84.5 Å². The number of ether oxygens (including phenoxy) is 1. The van der Waals surface area contributed by atoms with Crippen molar-refractivity contribution in [1.29, 1.82) is 0 Å². The van der Waals surface area contributed by atoms with Gasteiger partial charge < -0.3 is 25.1 Å². The third-order valence-corrected chi connectivity index (χ3v) is 13.2. The number of rotatable bonds is 9. The normalized spacial score (nSPS) is 27.9. The zero-order valence-electron chi connectivity index (χ0n) is 32.9. The topological polar surface area (TPSA) is 173 Å². The average molecular weight is 800 g/mol. The van der Waals surface area contributed by atoms with Crippen molar-refractivity contribution in [3.63, 3.8) is 0 Å². The molecule has 2 aliphatic heterocycles. The van der Waals surface area contributed by atoms with Gasteiger partial charge in [-0.15, -0.1) is 6.58 Å². The number of allylic oxidation sites excluding steroid dienone is 2. The average Bonchev–Trinajstić information content (AvgIpc) is 4.08. The zero-order valence-corrected chi connectivity index (χ0v) is 33.7. The molecule has 0 radical (unpaired) electrons. The van der Waals surface area contributed by atoms with Gasteiger partial charge in [-0.25, -0.2) is 13.2 Å². The molecule has 6 atom stereocenters.